The minimum absolute atomic E-state index is 0.157. The number of sulfonamides is 1. The van der Waals surface area contributed by atoms with Crippen LogP contribution in [0.1, 0.15) is 17.0 Å². The molecule has 4 rings (SSSR count). The molecule has 2 heterocycles. The fraction of sp³-hybridized carbons (Fsp3) is 0.150. The van der Waals surface area contributed by atoms with Gasteiger partial charge in [0.25, 0.3) is 10.0 Å². The van der Waals surface area contributed by atoms with E-state index in [1.54, 1.807) is 18.2 Å². The van der Waals surface area contributed by atoms with Crippen molar-refractivity contribution in [1.29, 1.82) is 0 Å². The number of nitrogens with one attached hydrogen (secondary N) is 2. The normalized spacial score (nSPS) is 15.7. The first-order valence-electron chi connectivity index (χ1n) is 8.96. The van der Waals surface area contributed by atoms with Crippen LogP contribution in [0.5, 0.6) is 0 Å². The average molecular weight is 427 g/mol. The molecule has 148 valence electrons. The van der Waals surface area contributed by atoms with Gasteiger partial charge >= 0.3 is 0 Å². The second-order valence-electron chi connectivity index (χ2n) is 6.35. The van der Waals surface area contributed by atoms with Crippen LogP contribution in [0.4, 0.5) is 0 Å². The lowest BCUT2D eigenvalue weighted by Crippen LogP contribution is -2.25. The first kappa shape index (κ1) is 19.3. The maximum atomic E-state index is 12.1. The third kappa shape index (κ3) is 4.36. The second kappa shape index (κ2) is 8.14. The number of aliphatic imine (C=N–C) groups is 1. The van der Waals surface area contributed by atoms with Crippen LogP contribution >= 0.6 is 11.3 Å². The average Bonchev–Trinajstić information content (AvgIpc) is 3.30. The SMILES string of the molecule is O=C(CCN=C1NS(=O)(=O)c2ccccc21)NCc1nc(-c2ccccc2)cs1. The van der Waals surface area contributed by atoms with Gasteiger partial charge in [0.1, 0.15) is 10.8 Å². The number of rotatable bonds is 6. The number of carbonyl (C=O) groups excluding carboxylic acids is 1. The molecule has 7 nitrogen and oxygen atoms in total. The van der Waals surface area contributed by atoms with E-state index in [4.69, 9.17) is 0 Å². The van der Waals surface area contributed by atoms with Gasteiger partial charge < -0.3 is 5.32 Å². The number of hydrogen-bond donors (Lipinski definition) is 2. The summed E-state index contributed by atoms with van der Waals surface area (Å²) < 4.78 is 26.5. The van der Waals surface area contributed by atoms with Gasteiger partial charge in [-0.2, -0.15) is 0 Å². The Morgan fingerprint density at radius 1 is 1.10 bits per heavy atom. The van der Waals surface area contributed by atoms with Gasteiger partial charge in [-0.15, -0.1) is 11.3 Å². The minimum atomic E-state index is -3.56. The van der Waals surface area contributed by atoms with Gasteiger partial charge in [0.05, 0.1) is 23.7 Å². The van der Waals surface area contributed by atoms with E-state index in [-0.39, 0.29) is 29.6 Å². The molecule has 2 aromatic carbocycles. The first-order valence-corrected chi connectivity index (χ1v) is 11.3. The molecule has 1 aliphatic heterocycles. The summed E-state index contributed by atoms with van der Waals surface area (Å²) in [5, 5.41) is 5.61. The Labute approximate surface area is 172 Å². The standard InChI is InChI=1S/C20H18N4O3S2/c25-18(22-12-19-23-16(13-28-19)14-6-2-1-3-7-14)10-11-21-20-15-8-4-5-9-17(15)29(26,27)24-20/h1-9,13H,10-12H2,(H,21,24)(H,22,25). The van der Waals surface area contributed by atoms with E-state index in [0.717, 1.165) is 16.3 Å². The lowest BCUT2D eigenvalue weighted by molar-refractivity contribution is -0.121. The predicted octanol–water partition coefficient (Wildman–Crippen LogP) is 2.56. The molecule has 1 aliphatic rings. The topological polar surface area (TPSA) is 101 Å². The number of fused-ring (bicyclic) bond motifs is 1. The van der Waals surface area contributed by atoms with Gasteiger partial charge in [-0.25, -0.2) is 13.4 Å². The molecule has 0 atom stereocenters. The number of carbonyl (C=O) groups is 1. The van der Waals surface area contributed by atoms with E-state index in [2.05, 4.69) is 20.0 Å². The summed E-state index contributed by atoms with van der Waals surface area (Å²) in [5.41, 5.74) is 2.46. The number of nitrogens with zero attached hydrogens (tertiary/aromatic N) is 2. The van der Waals surface area contributed by atoms with E-state index in [1.165, 1.54) is 17.4 Å². The molecule has 0 bridgehead atoms. The summed E-state index contributed by atoms with van der Waals surface area (Å²) >= 11 is 1.49. The Hall–Kier alpha value is -3.04. The highest BCUT2D eigenvalue weighted by atomic mass is 32.2. The number of aromatic nitrogens is 1. The van der Waals surface area contributed by atoms with Crippen LogP contribution in [0.25, 0.3) is 11.3 Å². The third-order valence-corrected chi connectivity index (χ3v) is 6.58. The van der Waals surface area contributed by atoms with E-state index >= 15 is 0 Å². The van der Waals surface area contributed by atoms with Crippen LogP contribution in [-0.2, 0) is 21.4 Å². The maximum absolute atomic E-state index is 12.1. The van der Waals surface area contributed by atoms with E-state index in [9.17, 15) is 13.2 Å². The van der Waals surface area contributed by atoms with Crippen molar-refractivity contribution in [2.75, 3.05) is 6.54 Å². The van der Waals surface area contributed by atoms with Crippen molar-refractivity contribution in [2.45, 2.75) is 17.9 Å². The summed E-state index contributed by atoms with van der Waals surface area (Å²) in [7, 11) is -3.56. The summed E-state index contributed by atoms with van der Waals surface area (Å²) in [6.45, 7) is 0.535. The largest absolute Gasteiger partial charge is 0.350 e. The van der Waals surface area contributed by atoms with Gasteiger partial charge in [0, 0.05) is 22.9 Å². The Bertz CT molecular complexity index is 1170. The monoisotopic (exact) mass is 426 g/mol. The molecule has 0 fully saturated rings. The van der Waals surface area contributed by atoms with Crippen molar-refractivity contribution in [2.24, 2.45) is 4.99 Å². The molecule has 0 radical (unpaired) electrons. The number of benzene rings is 2. The molecule has 2 N–H and O–H groups in total. The number of amides is 1. The minimum Gasteiger partial charge on any atom is -0.350 e. The van der Waals surface area contributed by atoms with Gasteiger partial charge in [0.2, 0.25) is 5.91 Å². The van der Waals surface area contributed by atoms with Crippen LogP contribution in [-0.4, -0.2) is 31.7 Å². The van der Waals surface area contributed by atoms with Crippen LogP contribution in [0.15, 0.2) is 69.9 Å². The summed E-state index contributed by atoms with van der Waals surface area (Å²) in [6.07, 6.45) is 0.157. The van der Waals surface area contributed by atoms with Crippen molar-refractivity contribution >= 4 is 33.1 Å². The van der Waals surface area contributed by atoms with Crippen LogP contribution in [0, 0.1) is 0 Å². The van der Waals surface area contributed by atoms with Gasteiger partial charge in [-0.1, -0.05) is 42.5 Å². The molecule has 0 aliphatic carbocycles. The Kier molecular flexibility index (Phi) is 5.41. The zero-order valence-corrected chi connectivity index (χ0v) is 17.0. The van der Waals surface area contributed by atoms with Crippen LogP contribution in [0.2, 0.25) is 0 Å². The van der Waals surface area contributed by atoms with Crippen LogP contribution < -0.4 is 10.0 Å². The molecule has 1 aromatic heterocycles. The molecule has 0 unspecified atom stereocenters. The van der Waals surface area contributed by atoms with Gasteiger partial charge in [-0.3, -0.25) is 14.5 Å². The summed E-state index contributed by atoms with van der Waals surface area (Å²) in [6, 6.07) is 16.5. The van der Waals surface area contributed by atoms with Gasteiger partial charge in [-0.05, 0) is 12.1 Å². The fourth-order valence-electron chi connectivity index (χ4n) is 2.92. The molecular weight excluding hydrogens is 408 g/mol. The van der Waals surface area contributed by atoms with Crippen molar-refractivity contribution in [1.82, 2.24) is 15.0 Å². The quantitative estimate of drug-likeness (QED) is 0.633. The molecule has 9 heteroatoms. The predicted molar refractivity (Wildman–Crippen MR) is 112 cm³/mol. The van der Waals surface area contributed by atoms with E-state index in [1.807, 2.05) is 35.7 Å². The van der Waals surface area contributed by atoms with Crippen molar-refractivity contribution in [3.63, 3.8) is 0 Å². The Morgan fingerprint density at radius 3 is 2.69 bits per heavy atom. The second-order valence-corrected chi connectivity index (χ2v) is 8.94. The zero-order chi connectivity index (χ0) is 20.3. The maximum Gasteiger partial charge on any atom is 0.263 e. The van der Waals surface area contributed by atoms with Crippen molar-refractivity contribution in [3.8, 4) is 11.3 Å². The highest BCUT2D eigenvalue weighted by Crippen LogP contribution is 2.22. The summed E-state index contributed by atoms with van der Waals surface area (Å²) in [4.78, 5) is 21.1. The lowest BCUT2D eigenvalue weighted by atomic mass is 10.2. The number of hydrogen-bond acceptors (Lipinski definition) is 6. The third-order valence-electron chi connectivity index (χ3n) is 4.33. The highest BCUT2D eigenvalue weighted by Gasteiger charge is 2.29. The number of thiazole rings is 1. The summed E-state index contributed by atoms with van der Waals surface area (Å²) in [5.74, 6) is 0.112. The zero-order valence-electron chi connectivity index (χ0n) is 15.3. The lowest BCUT2D eigenvalue weighted by Gasteiger charge is -2.02. The molecule has 0 saturated carbocycles. The van der Waals surface area contributed by atoms with E-state index < -0.39 is 10.0 Å². The first-order chi connectivity index (χ1) is 14.0. The molecule has 1 amide bonds. The Morgan fingerprint density at radius 2 is 1.86 bits per heavy atom. The van der Waals surface area contributed by atoms with Crippen LogP contribution in [0.3, 0.4) is 0 Å². The molecule has 3 aromatic rings. The van der Waals surface area contributed by atoms with Crippen molar-refractivity contribution < 1.29 is 13.2 Å². The number of amidine groups is 1. The van der Waals surface area contributed by atoms with E-state index in [0.29, 0.717) is 12.1 Å². The molecule has 0 spiro atoms. The highest BCUT2D eigenvalue weighted by molar-refractivity contribution is 7.90. The molecule has 0 saturated heterocycles. The van der Waals surface area contributed by atoms with Crippen molar-refractivity contribution in [3.05, 3.63) is 70.5 Å². The molecular formula is C20H18N4O3S2. The smallest absolute Gasteiger partial charge is 0.263 e. The van der Waals surface area contributed by atoms with Gasteiger partial charge in [0.15, 0.2) is 0 Å². The fourth-order valence-corrected chi connectivity index (χ4v) is 4.91. The molecule has 29 heavy (non-hydrogen) atoms. The Balaban J connectivity index is 1.30.